The second-order valence-corrected chi connectivity index (χ2v) is 30.9. The second-order valence-electron chi connectivity index (χ2n) is 14.8. The van der Waals surface area contributed by atoms with Gasteiger partial charge in [-0.1, -0.05) is 0 Å². The maximum atomic E-state index is 7.34. The minimum absolute atomic E-state index is 0.00214. The van der Waals surface area contributed by atoms with Crippen LogP contribution in [0.4, 0.5) is 0 Å². The molecular weight excluding hydrogens is 750 g/mol. The first-order valence-electron chi connectivity index (χ1n) is 18.2. The summed E-state index contributed by atoms with van der Waals surface area (Å²) in [5.41, 5.74) is 2.76. The van der Waals surface area contributed by atoms with Gasteiger partial charge in [0.15, 0.2) is 0 Å². The first-order valence-corrected chi connectivity index (χ1v) is 25.5. The van der Waals surface area contributed by atoms with E-state index in [1.165, 1.54) is 15.9 Å². The van der Waals surface area contributed by atoms with Crippen LogP contribution in [0.1, 0.15) is 67.4 Å². The van der Waals surface area contributed by atoms with Crippen molar-refractivity contribution in [2.45, 2.75) is 91.1 Å². The van der Waals surface area contributed by atoms with Crippen molar-refractivity contribution in [3.63, 3.8) is 0 Å². The molecule has 49 heavy (non-hydrogen) atoms. The molecule has 0 saturated carbocycles. The number of halogens is 1. The van der Waals surface area contributed by atoms with Gasteiger partial charge in [-0.05, 0) is 0 Å². The zero-order valence-corrected chi connectivity index (χ0v) is 35.4. The van der Waals surface area contributed by atoms with Crippen molar-refractivity contribution in [1.29, 1.82) is 0 Å². The molecule has 0 aliphatic rings. The van der Waals surface area contributed by atoms with Crippen LogP contribution in [0, 0.1) is 11.8 Å². The molecule has 0 radical (unpaired) electrons. The van der Waals surface area contributed by atoms with Crippen molar-refractivity contribution in [3.05, 3.63) is 121 Å². The van der Waals surface area contributed by atoms with Crippen molar-refractivity contribution >= 4 is 50.5 Å². The van der Waals surface area contributed by atoms with Crippen LogP contribution in [0.5, 0.6) is 5.75 Å². The number of hydrogen-bond donors (Lipinski definition) is 0. The van der Waals surface area contributed by atoms with Gasteiger partial charge in [-0.25, -0.2) is 0 Å². The Hall–Kier alpha value is -2.02. The van der Waals surface area contributed by atoms with Gasteiger partial charge in [-0.15, -0.1) is 0 Å². The number of rotatable bonds is 18. The summed E-state index contributed by atoms with van der Waals surface area (Å²) in [7, 11) is -0.353. The average Bonchev–Trinajstić information content (AvgIpc) is 3.12. The molecule has 0 bridgehead atoms. The molecule has 3 atom stereocenters. The summed E-state index contributed by atoms with van der Waals surface area (Å²) < 4.78 is 16.9. The monoisotopic (exact) mass is 810 g/mol. The molecule has 0 amide bonds. The van der Waals surface area contributed by atoms with Gasteiger partial charge < -0.3 is 0 Å². The SMILES string of the molecule is CC[C@H](CO[Si](C(C)C)(C(C)C)C(C)C)[C@H](OCc1ccc(OC)cc1)[C@@H](C)CP(I)(c1ccccc1)(c1ccccc1)c1ccccc1. The van der Waals surface area contributed by atoms with Crippen molar-refractivity contribution in [2.24, 2.45) is 11.8 Å². The van der Waals surface area contributed by atoms with Crippen LogP contribution in [0.2, 0.25) is 16.6 Å². The van der Waals surface area contributed by atoms with Crippen molar-refractivity contribution in [2.75, 3.05) is 19.9 Å². The van der Waals surface area contributed by atoms with E-state index in [4.69, 9.17) is 13.9 Å². The predicted molar refractivity (Wildman–Crippen MR) is 226 cm³/mol. The van der Waals surface area contributed by atoms with Gasteiger partial charge in [0.05, 0.1) is 0 Å². The van der Waals surface area contributed by atoms with E-state index in [9.17, 15) is 0 Å². The molecule has 0 saturated heterocycles. The Labute approximate surface area is 312 Å². The van der Waals surface area contributed by atoms with Gasteiger partial charge in [0.25, 0.3) is 0 Å². The molecule has 4 rings (SSSR count). The Bertz CT molecular complexity index is 1430. The van der Waals surface area contributed by atoms with E-state index in [1.54, 1.807) is 7.11 Å². The van der Waals surface area contributed by atoms with Gasteiger partial charge >= 0.3 is 314 Å². The van der Waals surface area contributed by atoms with E-state index in [-0.39, 0.29) is 17.9 Å². The van der Waals surface area contributed by atoms with Crippen molar-refractivity contribution in [1.82, 2.24) is 0 Å². The van der Waals surface area contributed by atoms with Crippen LogP contribution in [0.15, 0.2) is 115 Å². The summed E-state index contributed by atoms with van der Waals surface area (Å²) in [5.74, 6) is 1.35. The standard InChI is InChI=1S/C43H60IO3PSi/c1-10-38(31-47-49(33(2)3,34(4)5)35(6)7)43(46-30-37-26-28-39(45-9)29-27-37)36(8)32-48(44,40-20-14-11-15-21-40,41-22-16-12-17-23-41)42-24-18-13-19-25-42/h11-29,33-36,38,43H,10,30-32H2,1-9H3/t36-,38+,43+/m0/s1. The fourth-order valence-electron chi connectivity index (χ4n) is 8.50. The van der Waals surface area contributed by atoms with Gasteiger partial charge in [0, 0.05) is 0 Å². The van der Waals surface area contributed by atoms with Crippen LogP contribution in [0.3, 0.4) is 0 Å². The normalized spacial score (nSPS) is 15.2. The molecule has 0 spiro atoms. The maximum absolute atomic E-state index is 7.34. The van der Waals surface area contributed by atoms with Crippen molar-refractivity contribution < 1.29 is 13.9 Å². The topological polar surface area (TPSA) is 27.7 Å². The predicted octanol–water partition coefficient (Wildman–Crippen LogP) is 11.3. The molecule has 6 heteroatoms. The van der Waals surface area contributed by atoms with Gasteiger partial charge in [0.1, 0.15) is 0 Å². The minimum atomic E-state index is -3.03. The average molecular weight is 811 g/mol. The second kappa shape index (κ2) is 17.5. The van der Waals surface area contributed by atoms with E-state index >= 15 is 0 Å². The molecular formula is C43H60IO3PSi. The van der Waals surface area contributed by atoms with Crippen LogP contribution in [-0.2, 0) is 15.8 Å². The Balaban J connectivity index is 1.84. The number of methoxy groups -OCH3 is 1. The fourth-order valence-corrected chi connectivity index (χ4v) is 24.0. The Morgan fingerprint density at radius 1 is 0.633 bits per heavy atom. The summed E-state index contributed by atoms with van der Waals surface area (Å²) in [6.45, 7) is 20.3. The third-order valence-electron chi connectivity index (χ3n) is 10.9. The summed E-state index contributed by atoms with van der Waals surface area (Å²) in [4.78, 5) is 0. The molecule has 0 fully saturated rings. The zero-order valence-electron chi connectivity index (χ0n) is 31.3. The zero-order chi connectivity index (χ0) is 35.7. The molecule has 3 nitrogen and oxygen atoms in total. The Morgan fingerprint density at radius 2 is 1.06 bits per heavy atom. The van der Waals surface area contributed by atoms with E-state index in [2.05, 4.69) is 181 Å². The summed E-state index contributed by atoms with van der Waals surface area (Å²) in [5, 5.41) is 4.22. The number of hydrogen-bond acceptors (Lipinski definition) is 3. The fraction of sp³-hybridized carbons (Fsp3) is 0.442. The van der Waals surface area contributed by atoms with E-state index < -0.39 is 12.6 Å². The van der Waals surface area contributed by atoms with E-state index in [1.807, 2.05) is 12.1 Å². The van der Waals surface area contributed by atoms with Gasteiger partial charge in [-0.2, -0.15) is 0 Å². The summed E-state index contributed by atoms with van der Waals surface area (Å²) >= 11 is 2.93. The Kier molecular flexibility index (Phi) is 14.2. The molecule has 0 aliphatic carbocycles. The van der Waals surface area contributed by atoms with E-state index in [0.717, 1.165) is 30.5 Å². The molecule has 4 aromatic rings. The van der Waals surface area contributed by atoms with Gasteiger partial charge in [-0.3, -0.25) is 0 Å². The molecule has 0 heterocycles. The molecule has 0 aliphatic heterocycles. The van der Waals surface area contributed by atoms with E-state index in [0.29, 0.717) is 23.2 Å². The summed E-state index contributed by atoms with van der Waals surface area (Å²) in [6.07, 6.45) is 1.97. The third-order valence-corrected chi connectivity index (χ3v) is 28.6. The quantitative estimate of drug-likeness (QED) is 0.0569. The first-order chi connectivity index (χ1) is 23.4. The molecule has 0 unspecified atom stereocenters. The van der Waals surface area contributed by atoms with Crippen LogP contribution in [0.25, 0.3) is 0 Å². The first kappa shape index (κ1) is 39.8. The van der Waals surface area contributed by atoms with Crippen LogP contribution >= 0.6 is 26.3 Å². The molecule has 4 aromatic carbocycles. The molecule has 0 N–H and O–H groups in total. The summed E-state index contributed by atoms with van der Waals surface area (Å²) in [6, 6.07) is 42.1. The Morgan fingerprint density at radius 3 is 1.43 bits per heavy atom. The number of benzene rings is 4. The van der Waals surface area contributed by atoms with Crippen molar-refractivity contribution in [3.8, 4) is 5.75 Å². The van der Waals surface area contributed by atoms with Gasteiger partial charge in [0.2, 0.25) is 0 Å². The molecule has 0 aromatic heterocycles. The molecule has 266 valence electrons. The third kappa shape index (κ3) is 8.39. The number of ether oxygens (including phenoxy) is 2. The van der Waals surface area contributed by atoms with Crippen LogP contribution in [-0.4, -0.2) is 34.3 Å². The van der Waals surface area contributed by atoms with Crippen LogP contribution < -0.4 is 20.7 Å².